The zero-order chi connectivity index (χ0) is 15.4. The van der Waals surface area contributed by atoms with Gasteiger partial charge in [0.2, 0.25) is 0 Å². The minimum Gasteiger partial charge on any atom is -0.495 e. The zero-order valence-corrected chi connectivity index (χ0v) is 13.9. The number of methoxy groups -OCH3 is 1. The third kappa shape index (κ3) is 3.73. The van der Waals surface area contributed by atoms with Crippen LogP contribution in [0.15, 0.2) is 34.9 Å². The first-order valence-electron chi connectivity index (χ1n) is 6.77. The Balaban J connectivity index is 2.32. The second-order valence-electron chi connectivity index (χ2n) is 4.81. The minimum atomic E-state index is -0.328. The fraction of sp³-hybridized carbons (Fsp3) is 0.312. The highest BCUT2D eigenvalue weighted by atomic mass is 79.9. The fourth-order valence-electron chi connectivity index (χ4n) is 2.21. The molecule has 0 aliphatic rings. The lowest BCUT2D eigenvalue weighted by atomic mass is 10.1. The Morgan fingerprint density at radius 3 is 2.71 bits per heavy atom. The molecular formula is C16H18BrFN2O. The van der Waals surface area contributed by atoms with Gasteiger partial charge in [0.1, 0.15) is 11.6 Å². The molecule has 21 heavy (non-hydrogen) atoms. The van der Waals surface area contributed by atoms with Crippen molar-refractivity contribution in [1.82, 2.24) is 4.98 Å². The summed E-state index contributed by atoms with van der Waals surface area (Å²) >= 11 is 3.46. The van der Waals surface area contributed by atoms with Crippen molar-refractivity contribution in [3.63, 3.8) is 0 Å². The van der Waals surface area contributed by atoms with Gasteiger partial charge in [-0.25, -0.2) is 4.39 Å². The number of anilines is 1. The molecule has 1 aromatic carbocycles. The highest BCUT2D eigenvalue weighted by Gasteiger charge is 2.15. The quantitative estimate of drug-likeness (QED) is 0.833. The summed E-state index contributed by atoms with van der Waals surface area (Å²) in [4.78, 5) is 4.16. The van der Waals surface area contributed by atoms with Crippen molar-refractivity contribution in [3.05, 3.63) is 52.0 Å². The molecule has 1 heterocycles. The molecular weight excluding hydrogens is 335 g/mol. The number of nitrogens with zero attached hydrogens (tertiary/aromatic N) is 1. The lowest BCUT2D eigenvalue weighted by Gasteiger charge is -2.21. The van der Waals surface area contributed by atoms with Crippen LogP contribution in [-0.4, -0.2) is 12.1 Å². The maximum Gasteiger partial charge on any atom is 0.143 e. The van der Waals surface area contributed by atoms with Gasteiger partial charge in [0.25, 0.3) is 0 Å². The van der Waals surface area contributed by atoms with E-state index in [4.69, 9.17) is 4.74 Å². The Bertz CT molecular complexity index is 616. The first-order valence-corrected chi connectivity index (χ1v) is 7.56. The average Bonchev–Trinajstić information content (AvgIpc) is 2.47. The van der Waals surface area contributed by atoms with Crippen molar-refractivity contribution < 1.29 is 9.13 Å². The number of hydrogen-bond donors (Lipinski definition) is 1. The molecule has 112 valence electrons. The van der Waals surface area contributed by atoms with Crippen molar-refractivity contribution in [1.29, 1.82) is 0 Å². The number of nitrogens with one attached hydrogen (secondary N) is 1. The van der Waals surface area contributed by atoms with Crippen LogP contribution in [0.5, 0.6) is 5.75 Å². The third-order valence-corrected chi connectivity index (χ3v) is 3.78. The Morgan fingerprint density at radius 1 is 1.38 bits per heavy atom. The van der Waals surface area contributed by atoms with E-state index < -0.39 is 0 Å². The van der Waals surface area contributed by atoms with Gasteiger partial charge < -0.3 is 10.1 Å². The summed E-state index contributed by atoms with van der Waals surface area (Å²) in [5.74, 6) is 0.438. The van der Waals surface area contributed by atoms with Gasteiger partial charge >= 0.3 is 0 Å². The molecule has 5 heteroatoms. The fourth-order valence-corrected chi connectivity index (χ4v) is 2.76. The molecule has 0 aliphatic carbocycles. The minimum absolute atomic E-state index is 0.000578. The van der Waals surface area contributed by atoms with E-state index in [1.807, 2.05) is 19.1 Å². The number of benzene rings is 1. The second kappa shape index (κ2) is 6.89. The SMILES string of the molecule is CCC(Nc1c(C)cc(Br)cc1OC)c1ccc(F)cn1. The Hall–Kier alpha value is -1.62. The van der Waals surface area contributed by atoms with Crippen LogP contribution in [0.4, 0.5) is 10.1 Å². The van der Waals surface area contributed by atoms with Crippen LogP contribution >= 0.6 is 15.9 Å². The summed E-state index contributed by atoms with van der Waals surface area (Å²) in [6, 6.07) is 7.07. The molecule has 0 spiro atoms. The van der Waals surface area contributed by atoms with Crippen LogP contribution in [0.1, 0.15) is 30.6 Å². The maximum atomic E-state index is 13.0. The Morgan fingerprint density at radius 2 is 2.14 bits per heavy atom. The van der Waals surface area contributed by atoms with E-state index in [0.29, 0.717) is 0 Å². The molecule has 1 aromatic heterocycles. The monoisotopic (exact) mass is 352 g/mol. The van der Waals surface area contributed by atoms with Crippen LogP contribution in [0, 0.1) is 12.7 Å². The Labute approximate surface area is 132 Å². The molecule has 0 fully saturated rings. The largest absolute Gasteiger partial charge is 0.495 e. The molecule has 1 atom stereocenters. The van der Waals surface area contributed by atoms with Crippen molar-refractivity contribution in [2.45, 2.75) is 26.3 Å². The third-order valence-electron chi connectivity index (χ3n) is 3.32. The molecule has 0 saturated carbocycles. The van der Waals surface area contributed by atoms with Gasteiger partial charge in [-0.15, -0.1) is 0 Å². The van der Waals surface area contributed by atoms with Crippen LogP contribution in [0.2, 0.25) is 0 Å². The smallest absolute Gasteiger partial charge is 0.143 e. The molecule has 0 aliphatic heterocycles. The van der Waals surface area contributed by atoms with E-state index in [9.17, 15) is 4.39 Å². The van der Waals surface area contributed by atoms with Gasteiger partial charge in [0, 0.05) is 4.47 Å². The number of rotatable bonds is 5. The molecule has 0 amide bonds. The number of ether oxygens (including phenoxy) is 1. The van der Waals surface area contributed by atoms with E-state index in [1.54, 1.807) is 13.2 Å². The molecule has 2 rings (SSSR count). The van der Waals surface area contributed by atoms with E-state index in [0.717, 1.165) is 33.6 Å². The topological polar surface area (TPSA) is 34.1 Å². The van der Waals surface area contributed by atoms with Crippen molar-refractivity contribution >= 4 is 21.6 Å². The normalized spacial score (nSPS) is 12.0. The lowest BCUT2D eigenvalue weighted by molar-refractivity contribution is 0.415. The summed E-state index contributed by atoms with van der Waals surface area (Å²) in [6.07, 6.45) is 2.07. The molecule has 0 radical (unpaired) electrons. The summed E-state index contributed by atoms with van der Waals surface area (Å²) in [5.41, 5.74) is 2.81. The number of hydrogen-bond acceptors (Lipinski definition) is 3. The molecule has 0 saturated heterocycles. The van der Waals surface area contributed by atoms with Gasteiger partial charge in [0.05, 0.1) is 30.7 Å². The zero-order valence-electron chi connectivity index (χ0n) is 12.3. The number of aryl methyl sites for hydroxylation is 1. The molecule has 1 N–H and O–H groups in total. The van der Waals surface area contributed by atoms with Crippen LogP contribution in [0.25, 0.3) is 0 Å². The van der Waals surface area contributed by atoms with E-state index >= 15 is 0 Å². The van der Waals surface area contributed by atoms with Gasteiger partial charge in [-0.2, -0.15) is 0 Å². The summed E-state index contributed by atoms with van der Waals surface area (Å²) in [7, 11) is 1.64. The van der Waals surface area contributed by atoms with Crippen LogP contribution in [-0.2, 0) is 0 Å². The summed E-state index contributed by atoms with van der Waals surface area (Å²) in [5, 5.41) is 3.45. The number of pyridine rings is 1. The second-order valence-corrected chi connectivity index (χ2v) is 5.72. The van der Waals surface area contributed by atoms with Gasteiger partial charge in [-0.05, 0) is 43.2 Å². The van der Waals surface area contributed by atoms with Gasteiger partial charge in [-0.1, -0.05) is 22.9 Å². The predicted octanol–water partition coefficient (Wildman–Crippen LogP) is 4.86. The molecule has 0 bridgehead atoms. The van der Waals surface area contributed by atoms with E-state index in [1.165, 1.54) is 12.3 Å². The van der Waals surface area contributed by atoms with Crippen molar-refractivity contribution in [2.75, 3.05) is 12.4 Å². The first-order chi connectivity index (χ1) is 10.0. The standard InChI is InChI=1S/C16H18BrFN2O/c1-4-13(14-6-5-12(18)9-19-14)20-16-10(2)7-11(17)8-15(16)21-3/h5-9,13,20H,4H2,1-3H3. The summed E-state index contributed by atoms with van der Waals surface area (Å²) < 4.78 is 19.4. The van der Waals surface area contributed by atoms with Gasteiger partial charge in [-0.3, -0.25) is 4.98 Å². The highest BCUT2D eigenvalue weighted by molar-refractivity contribution is 9.10. The summed E-state index contributed by atoms with van der Waals surface area (Å²) in [6.45, 7) is 4.07. The van der Waals surface area contributed by atoms with Crippen molar-refractivity contribution in [2.24, 2.45) is 0 Å². The molecule has 3 nitrogen and oxygen atoms in total. The van der Waals surface area contributed by atoms with Crippen LogP contribution in [0.3, 0.4) is 0 Å². The predicted molar refractivity (Wildman–Crippen MR) is 86.3 cm³/mol. The van der Waals surface area contributed by atoms with Gasteiger partial charge in [0.15, 0.2) is 0 Å². The first kappa shape index (κ1) is 15.8. The van der Waals surface area contributed by atoms with E-state index in [-0.39, 0.29) is 11.9 Å². The Kier molecular flexibility index (Phi) is 5.17. The maximum absolute atomic E-state index is 13.0. The average molecular weight is 353 g/mol. The highest BCUT2D eigenvalue weighted by Crippen LogP contribution is 2.35. The molecule has 2 aromatic rings. The lowest BCUT2D eigenvalue weighted by Crippen LogP contribution is -2.13. The number of aromatic nitrogens is 1. The van der Waals surface area contributed by atoms with Crippen molar-refractivity contribution in [3.8, 4) is 5.75 Å². The van der Waals surface area contributed by atoms with E-state index in [2.05, 4.69) is 33.2 Å². The number of halogens is 2. The van der Waals surface area contributed by atoms with Crippen LogP contribution < -0.4 is 10.1 Å². The molecule has 1 unspecified atom stereocenters.